The van der Waals surface area contributed by atoms with Gasteiger partial charge in [-0.1, -0.05) is 0 Å². The van der Waals surface area contributed by atoms with E-state index in [4.69, 9.17) is 0 Å². The maximum Gasteiger partial charge on any atom is 0.256 e. The number of hydrogen-bond acceptors (Lipinski definition) is 4. The molecule has 89 valence electrons. The van der Waals surface area contributed by atoms with E-state index >= 15 is 0 Å². The first-order valence-electron chi connectivity index (χ1n) is 3.16. The Morgan fingerprint density at radius 1 is 1.00 bits per heavy atom. The molecular formula is C7H10N2O6Y-2. The summed E-state index contributed by atoms with van der Waals surface area (Å²) in [5.41, 5.74) is -2.05. The summed E-state index contributed by atoms with van der Waals surface area (Å²) in [6, 6.07) is 0. The number of rotatable bonds is 0. The number of carbonyl (C=O) groups excluding carboxylic acids is 4. The van der Waals surface area contributed by atoms with E-state index in [1.165, 1.54) is 7.05 Å². The van der Waals surface area contributed by atoms with Crippen molar-refractivity contribution in [2.24, 2.45) is 5.41 Å². The first-order valence-corrected chi connectivity index (χ1v) is 3.16. The van der Waals surface area contributed by atoms with Gasteiger partial charge in [0, 0.05) is 39.8 Å². The second-order valence-electron chi connectivity index (χ2n) is 2.64. The quantitative estimate of drug-likeness (QED) is 0.270. The molecule has 0 aliphatic carbocycles. The van der Waals surface area contributed by atoms with Gasteiger partial charge in [-0.25, -0.2) is 0 Å². The van der Waals surface area contributed by atoms with Crippen molar-refractivity contribution >= 4 is 23.6 Å². The van der Waals surface area contributed by atoms with Gasteiger partial charge in [0.05, 0.1) is 11.8 Å². The Balaban J connectivity index is -0.000000422. The van der Waals surface area contributed by atoms with Crippen molar-refractivity contribution in [3.63, 3.8) is 0 Å². The standard InChI is InChI=1S/C6H4N2O4.CH3.2H2O.Y/c1-8-4(11)6(5(8)12)2(9)7-3(6)10;;;;/h1H3,(H,7,9,10);1H3;2*1H2;/q;-1;;;/p-1. The van der Waals surface area contributed by atoms with Crippen molar-refractivity contribution in [1.82, 2.24) is 4.90 Å². The Bertz CT molecular complexity index is 323. The molecule has 2 saturated heterocycles. The molecule has 0 aromatic rings. The zero-order valence-corrected chi connectivity index (χ0v) is 11.4. The molecule has 8 nitrogen and oxygen atoms in total. The van der Waals surface area contributed by atoms with Gasteiger partial charge in [-0.3, -0.25) is 14.5 Å². The molecule has 9 heteroatoms. The Morgan fingerprint density at radius 3 is 1.50 bits per heavy atom. The van der Waals surface area contributed by atoms with Crippen molar-refractivity contribution in [2.75, 3.05) is 7.05 Å². The van der Waals surface area contributed by atoms with Crippen LogP contribution < -0.4 is 0 Å². The maximum absolute atomic E-state index is 11.0. The largest absolute Gasteiger partial charge is 0.592 e. The van der Waals surface area contributed by atoms with Crippen LogP contribution in [0.1, 0.15) is 0 Å². The molecule has 0 saturated carbocycles. The van der Waals surface area contributed by atoms with E-state index < -0.39 is 29.0 Å². The molecule has 2 heterocycles. The minimum atomic E-state index is -2.05. The zero-order chi connectivity index (χ0) is 9.09. The number of β-lactam (4-membered cyclic amide) rings is 4. The monoisotopic (exact) mass is 307 g/mol. The minimum Gasteiger partial charge on any atom is -0.592 e. The molecule has 2 rings (SSSR count). The summed E-state index contributed by atoms with van der Waals surface area (Å²) >= 11 is 0. The molecule has 4 N–H and O–H groups in total. The van der Waals surface area contributed by atoms with Crippen LogP contribution in [0, 0.1) is 12.8 Å². The Morgan fingerprint density at radius 2 is 1.31 bits per heavy atom. The zero-order valence-electron chi connectivity index (χ0n) is 8.60. The third-order valence-electron chi connectivity index (χ3n) is 2.10. The van der Waals surface area contributed by atoms with Crippen molar-refractivity contribution < 1.29 is 62.8 Å². The second kappa shape index (κ2) is 5.58. The van der Waals surface area contributed by atoms with Gasteiger partial charge in [0.2, 0.25) is 5.41 Å². The van der Waals surface area contributed by atoms with E-state index in [1.54, 1.807) is 0 Å². The van der Waals surface area contributed by atoms with Crippen LogP contribution in [0.25, 0.3) is 5.32 Å². The van der Waals surface area contributed by atoms with Crippen molar-refractivity contribution in [3.05, 3.63) is 12.7 Å². The molecule has 16 heavy (non-hydrogen) atoms. The number of imide groups is 2. The van der Waals surface area contributed by atoms with Crippen LogP contribution in [0.4, 0.5) is 0 Å². The molecule has 0 aromatic heterocycles. The van der Waals surface area contributed by atoms with Gasteiger partial charge in [0.25, 0.3) is 11.8 Å². The van der Waals surface area contributed by atoms with Gasteiger partial charge in [-0.2, -0.15) is 0 Å². The summed E-state index contributed by atoms with van der Waals surface area (Å²) in [6.45, 7) is 0. The van der Waals surface area contributed by atoms with Gasteiger partial charge < -0.3 is 33.3 Å². The number of likely N-dealkylation sites (tertiary alicyclic amines) is 1. The summed E-state index contributed by atoms with van der Waals surface area (Å²) in [7, 11) is 1.22. The number of amides is 4. The van der Waals surface area contributed by atoms with E-state index in [2.05, 4.69) is 5.32 Å². The maximum atomic E-state index is 11.0. The van der Waals surface area contributed by atoms with Crippen LogP contribution in [0.5, 0.6) is 0 Å². The van der Waals surface area contributed by atoms with Gasteiger partial charge in [0.1, 0.15) is 0 Å². The molecule has 0 aromatic carbocycles. The second-order valence-corrected chi connectivity index (χ2v) is 2.64. The normalized spacial score (nSPS) is 18.9. The summed E-state index contributed by atoms with van der Waals surface area (Å²) in [6.07, 6.45) is 0. The van der Waals surface area contributed by atoms with Crippen LogP contribution in [0.2, 0.25) is 0 Å². The summed E-state index contributed by atoms with van der Waals surface area (Å²) < 4.78 is 0. The van der Waals surface area contributed by atoms with E-state index in [-0.39, 0.29) is 51.1 Å². The van der Waals surface area contributed by atoms with E-state index in [1.807, 2.05) is 0 Å². The van der Waals surface area contributed by atoms with E-state index in [9.17, 15) is 19.2 Å². The molecule has 0 unspecified atom stereocenters. The number of carbonyl (C=O) groups is 4. The minimum absolute atomic E-state index is 0. The Hall–Kier alpha value is -0.696. The third-order valence-corrected chi connectivity index (χ3v) is 2.10. The van der Waals surface area contributed by atoms with Crippen molar-refractivity contribution in [1.29, 1.82) is 0 Å². The van der Waals surface area contributed by atoms with Crippen molar-refractivity contribution in [2.45, 2.75) is 0 Å². The van der Waals surface area contributed by atoms with Crippen LogP contribution in [0.15, 0.2) is 0 Å². The molecule has 2 aliphatic rings. The topological polar surface area (TPSA) is 149 Å². The molecule has 2 fully saturated rings. The first-order chi connectivity index (χ1) is 5.52. The molecule has 2 aliphatic heterocycles. The summed E-state index contributed by atoms with van der Waals surface area (Å²) in [4.78, 5) is 44.3. The molecule has 4 amide bonds. The predicted octanol–water partition coefficient (Wildman–Crippen LogP) is -2.79. The van der Waals surface area contributed by atoms with Gasteiger partial charge in [0.15, 0.2) is 0 Å². The van der Waals surface area contributed by atoms with E-state index in [0.29, 0.717) is 0 Å². The number of nitrogens with zero attached hydrogens (tertiary/aromatic N) is 2. The van der Waals surface area contributed by atoms with Crippen LogP contribution in [-0.4, -0.2) is 46.5 Å². The SMILES string of the molecule is CN1C(=O)C2(C(=O)[N-]C2=O)C1=O.O.O.[CH3-].[Y]. The average molecular weight is 307 g/mol. The van der Waals surface area contributed by atoms with Gasteiger partial charge >= 0.3 is 0 Å². The summed E-state index contributed by atoms with van der Waals surface area (Å²) in [5.74, 6) is -3.39. The van der Waals surface area contributed by atoms with Gasteiger partial charge in [-0.05, 0) is 0 Å². The fourth-order valence-corrected chi connectivity index (χ4v) is 1.30. The van der Waals surface area contributed by atoms with Gasteiger partial charge in [-0.15, -0.1) is 0 Å². The molecule has 0 bridgehead atoms. The average Bonchev–Trinajstić information content (AvgIpc) is 2.04. The third kappa shape index (κ3) is 1.62. The van der Waals surface area contributed by atoms with Crippen LogP contribution >= 0.6 is 0 Å². The predicted molar refractivity (Wildman–Crippen MR) is 47.2 cm³/mol. The Labute approximate surface area is 116 Å². The Kier molecular flexibility index (Phi) is 7.21. The van der Waals surface area contributed by atoms with Crippen molar-refractivity contribution in [3.8, 4) is 0 Å². The molecular weight excluding hydrogens is 297 g/mol. The summed E-state index contributed by atoms with van der Waals surface area (Å²) in [5, 5.41) is 2.89. The van der Waals surface area contributed by atoms with Crippen LogP contribution in [-0.2, 0) is 51.9 Å². The first kappa shape index (κ1) is 20.7. The fraction of sp³-hybridized carbons (Fsp3) is 0.286. The molecule has 1 radical (unpaired) electrons. The number of hydrogen-bond donors (Lipinski definition) is 0. The fourth-order valence-electron chi connectivity index (χ4n) is 1.30. The molecule has 0 atom stereocenters. The smallest absolute Gasteiger partial charge is 0.256 e. The van der Waals surface area contributed by atoms with E-state index in [0.717, 1.165) is 4.90 Å². The van der Waals surface area contributed by atoms with Crippen LogP contribution in [0.3, 0.4) is 0 Å². The molecule has 1 spiro atoms.